The summed E-state index contributed by atoms with van der Waals surface area (Å²) in [6, 6.07) is 28.2. The fourth-order valence-electron chi connectivity index (χ4n) is 5.43. The van der Waals surface area contributed by atoms with E-state index in [1.165, 1.54) is 10.9 Å². The number of aromatic nitrogens is 1. The quantitative estimate of drug-likeness (QED) is 0.382. The Labute approximate surface area is 212 Å². The number of likely N-dealkylation sites (tertiary alicyclic amines) is 1. The van der Waals surface area contributed by atoms with Gasteiger partial charge in [0.25, 0.3) is 0 Å². The van der Waals surface area contributed by atoms with Crippen LogP contribution in [-0.2, 0) is 16.0 Å². The summed E-state index contributed by atoms with van der Waals surface area (Å²) in [5.41, 5.74) is 5.56. The van der Waals surface area contributed by atoms with Crippen LogP contribution in [0, 0.1) is 12.8 Å². The van der Waals surface area contributed by atoms with Gasteiger partial charge in [0.2, 0.25) is 11.8 Å². The lowest BCUT2D eigenvalue weighted by molar-refractivity contribution is -0.136. The molecule has 0 radical (unpaired) electrons. The molecule has 1 saturated heterocycles. The van der Waals surface area contributed by atoms with E-state index >= 15 is 0 Å². The largest absolute Gasteiger partial charge is 0.358 e. The molecule has 2 amide bonds. The summed E-state index contributed by atoms with van der Waals surface area (Å²) in [7, 11) is 0. The predicted molar refractivity (Wildman–Crippen MR) is 144 cm³/mol. The zero-order valence-electron chi connectivity index (χ0n) is 20.7. The van der Waals surface area contributed by atoms with Crippen molar-refractivity contribution in [1.82, 2.24) is 15.2 Å². The van der Waals surface area contributed by atoms with Gasteiger partial charge in [0.1, 0.15) is 0 Å². The maximum absolute atomic E-state index is 13.6. The summed E-state index contributed by atoms with van der Waals surface area (Å²) in [5.74, 6) is -0.162. The Morgan fingerprint density at radius 1 is 0.889 bits per heavy atom. The molecule has 0 spiro atoms. The number of rotatable bonds is 7. The Morgan fingerprint density at radius 3 is 2.11 bits per heavy atom. The summed E-state index contributed by atoms with van der Waals surface area (Å²) in [6.07, 6.45) is 2.19. The van der Waals surface area contributed by atoms with E-state index in [4.69, 9.17) is 0 Å². The van der Waals surface area contributed by atoms with Gasteiger partial charge in [0, 0.05) is 42.1 Å². The minimum atomic E-state index is -0.322. The number of fused-ring (bicyclic) bond motifs is 1. The molecule has 2 N–H and O–H groups in total. The molecule has 2 heterocycles. The molecule has 5 heteroatoms. The third-order valence-corrected chi connectivity index (χ3v) is 7.39. The Hall–Kier alpha value is -3.86. The molecule has 0 saturated carbocycles. The fourth-order valence-corrected chi connectivity index (χ4v) is 5.43. The van der Waals surface area contributed by atoms with E-state index in [0.717, 1.165) is 28.8 Å². The zero-order chi connectivity index (χ0) is 24.9. The number of H-pyrrole nitrogens is 1. The molecule has 4 aromatic rings. The SMILES string of the molecule is Cc1[nH]c2ccccc2c1CCNC(=O)C1CCN(C(=O)C(c2ccccc2)c2ccccc2)CC1. The average Bonchev–Trinajstić information content (AvgIpc) is 3.25. The van der Waals surface area contributed by atoms with Crippen LogP contribution in [0.25, 0.3) is 10.9 Å². The van der Waals surface area contributed by atoms with Gasteiger partial charge in [-0.25, -0.2) is 0 Å². The summed E-state index contributed by atoms with van der Waals surface area (Å²) >= 11 is 0. The molecule has 1 aromatic heterocycles. The Morgan fingerprint density at radius 2 is 1.47 bits per heavy atom. The lowest BCUT2D eigenvalue weighted by Gasteiger charge is -2.34. The fraction of sp³-hybridized carbons (Fsp3) is 0.290. The molecule has 184 valence electrons. The van der Waals surface area contributed by atoms with Crippen molar-refractivity contribution in [3.05, 3.63) is 107 Å². The number of aromatic amines is 1. The van der Waals surface area contributed by atoms with Crippen LogP contribution in [0.1, 0.15) is 41.1 Å². The number of hydrogen-bond donors (Lipinski definition) is 2. The van der Waals surface area contributed by atoms with Gasteiger partial charge in [-0.05, 0) is 48.9 Å². The van der Waals surface area contributed by atoms with E-state index < -0.39 is 0 Å². The topological polar surface area (TPSA) is 65.2 Å². The number of nitrogens with zero attached hydrogens (tertiary/aromatic N) is 1. The highest BCUT2D eigenvalue weighted by atomic mass is 16.2. The maximum atomic E-state index is 13.6. The second kappa shape index (κ2) is 10.8. The summed E-state index contributed by atoms with van der Waals surface area (Å²) < 4.78 is 0. The van der Waals surface area contributed by atoms with Crippen LogP contribution in [0.5, 0.6) is 0 Å². The first kappa shape index (κ1) is 23.9. The molecular formula is C31H33N3O2. The second-order valence-electron chi connectivity index (χ2n) is 9.67. The van der Waals surface area contributed by atoms with Gasteiger partial charge < -0.3 is 15.2 Å². The average molecular weight is 480 g/mol. The molecule has 1 fully saturated rings. The van der Waals surface area contributed by atoms with E-state index in [1.807, 2.05) is 77.7 Å². The van der Waals surface area contributed by atoms with Gasteiger partial charge in [-0.3, -0.25) is 9.59 Å². The van der Waals surface area contributed by atoms with Crippen LogP contribution in [0.15, 0.2) is 84.9 Å². The van der Waals surface area contributed by atoms with Crippen molar-refractivity contribution in [2.45, 2.75) is 32.1 Å². The van der Waals surface area contributed by atoms with Gasteiger partial charge >= 0.3 is 0 Å². The number of nitrogens with one attached hydrogen (secondary N) is 2. The number of benzene rings is 3. The van der Waals surface area contributed by atoms with Gasteiger partial charge in [0.05, 0.1) is 5.92 Å². The second-order valence-corrected chi connectivity index (χ2v) is 9.67. The first-order chi connectivity index (χ1) is 17.6. The van der Waals surface area contributed by atoms with Crippen LogP contribution >= 0.6 is 0 Å². The monoisotopic (exact) mass is 479 g/mol. The Bertz CT molecular complexity index is 1280. The smallest absolute Gasteiger partial charge is 0.234 e. The lowest BCUT2D eigenvalue weighted by Crippen LogP contribution is -2.45. The number of carbonyl (C=O) groups excluding carboxylic acids is 2. The minimum Gasteiger partial charge on any atom is -0.358 e. The highest BCUT2D eigenvalue weighted by molar-refractivity contribution is 5.88. The van der Waals surface area contributed by atoms with Gasteiger partial charge in [-0.1, -0.05) is 78.9 Å². The Kier molecular flexibility index (Phi) is 7.17. The Balaban J connectivity index is 1.17. The van der Waals surface area contributed by atoms with Gasteiger partial charge in [-0.2, -0.15) is 0 Å². The summed E-state index contributed by atoms with van der Waals surface area (Å²) in [4.78, 5) is 31.9. The van der Waals surface area contributed by atoms with Gasteiger partial charge in [-0.15, -0.1) is 0 Å². The molecule has 0 aliphatic carbocycles. The molecule has 1 aliphatic heterocycles. The normalized spacial score (nSPS) is 14.3. The van der Waals surface area contributed by atoms with Crippen LogP contribution in [0.2, 0.25) is 0 Å². The van der Waals surface area contributed by atoms with E-state index in [1.54, 1.807) is 0 Å². The van der Waals surface area contributed by atoms with Crippen LogP contribution in [0.4, 0.5) is 0 Å². The summed E-state index contributed by atoms with van der Waals surface area (Å²) in [6.45, 7) is 3.91. The summed E-state index contributed by atoms with van der Waals surface area (Å²) in [5, 5.41) is 4.37. The highest BCUT2D eigenvalue weighted by Crippen LogP contribution is 2.29. The minimum absolute atomic E-state index is 0.0509. The molecule has 5 nitrogen and oxygen atoms in total. The molecule has 0 atom stereocenters. The molecule has 0 unspecified atom stereocenters. The van der Waals surface area contributed by atoms with E-state index in [0.29, 0.717) is 32.5 Å². The lowest BCUT2D eigenvalue weighted by atomic mass is 9.88. The highest BCUT2D eigenvalue weighted by Gasteiger charge is 2.32. The third kappa shape index (κ3) is 5.06. The van der Waals surface area contributed by atoms with E-state index in [9.17, 15) is 9.59 Å². The predicted octanol–water partition coefficient (Wildman–Crippen LogP) is 5.21. The standard InChI is InChI=1S/C31H33N3O2/c1-22-26(27-14-8-9-15-28(27)33-22)16-19-32-30(35)25-17-20-34(21-18-25)31(36)29(23-10-4-2-5-11-23)24-12-6-3-7-13-24/h2-15,25,29,33H,16-21H2,1H3,(H,32,35). The number of hydrogen-bond acceptors (Lipinski definition) is 2. The molecular weight excluding hydrogens is 446 g/mol. The first-order valence-electron chi connectivity index (χ1n) is 12.8. The first-order valence-corrected chi connectivity index (χ1v) is 12.8. The van der Waals surface area contributed by atoms with Crippen molar-refractivity contribution in [3.63, 3.8) is 0 Å². The molecule has 36 heavy (non-hydrogen) atoms. The molecule has 3 aromatic carbocycles. The maximum Gasteiger partial charge on any atom is 0.234 e. The van der Waals surface area contributed by atoms with Crippen molar-refractivity contribution in [3.8, 4) is 0 Å². The van der Waals surface area contributed by atoms with E-state index in [2.05, 4.69) is 29.4 Å². The molecule has 0 bridgehead atoms. The zero-order valence-corrected chi connectivity index (χ0v) is 20.7. The number of amides is 2. The van der Waals surface area contributed by atoms with E-state index in [-0.39, 0.29) is 23.7 Å². The third-order valence-electron chi connectivity index (χ3n) is 7.39. The number of carbonyl (C=O) groups is 2. The number of piperidine rings is 1. The van der Waals surface area contributed by atoms with Crippen molar-refractivity contribution < 1.29 is 9.59 Å². The van der Waals surface area contributed by atoms with Gasteiger partial charge in [0.15, 0.2) is 0 Å². The van der Waals surface area contributed by atoms with Crippen LogP contribution in [0.3, 0.4) is 0 Å². The van der Waals surface area contributed by atoms with Crippen molar-refractivity contribution in [2.24, 2.45) is 5.92 Å². The van der Waals surface area contributed by atoms with Crippen molar-refractivity contribution in [2.75, 3.05) is 19.6 Å². The van der Waals surface area contributed by atoms with Crippen LogP contribution < -0.4 is 5.32 Å². The molecule has 1 aliphatic rings. The number of para-hydroxylation sites is 1. The molecule has 5 rings (SSSR count). The van der Waals surface area contributed by atoms with Crippen molar-refractivity contribution in [1.29, 1.82) is 0 Å². The van der Waals surface area contributed by atoms with Crippen molar-refractivity contribution >= 4 is 22.7 Å². The van der Waals surface area contributed by atoms with Crippen LogP contribution in [-0.4, -0.2) is 41.3 Å². The number of aryl methyl sites for hydroxylation is 1.